The van der Waals surface area contributed by atoms with Crippen LogP contribution in [0, 0.1) is 0 Å². The van der Waals surface area contributed by atoms with Crippen molar-refractivity contribution in [3.63, 3.8) is 0 Å². The highest BCUT2D eigenvalue weighted by Gasteiger charge is 2.17. The zero-order valence-corrected chi connectivity index (χ0v) is 10.7. The van der Waals surface area contributed by atoms with Crippen LogP contribution in [-0.2, 0) is 0 Å². The van der Waals surface area contributed by atoms with Crippen LogP contribution in [0.1, 0.15) is 25.6 Å². The second kappa shape index (κ2) is 3.98. The van der Waals surface area contributed by atoms with Gasteiger partial charge in [0, 0.05) is 18.3 Å². The highest BCUT2D eigenvalue weighted by atomic mass is 32.1. The van der Waals surface area contributed by atoms with Gasteiger partial charge in [0.2, 0.25) is 4.96 Å². The van der Waals surface area contributed by atoms with Gasteiger partial charge in [-0.2, -0.15) is 9.61 Å². The smallest absolute Gasteiger partial charge is 0.235 e. The van der Waals surface area contributed by atoms with Crippen LogP contribution in [-0.4, -0.2) is 29.8 Å². The average Bonchev–Trinajstić information content (AvgIpc) is 2.88. The summed E-state index contributed by atoms with van der Waals surface area (Å²) in [6.45, 7) is 4.10. The van der Waals surface area contributed by atoms with Crippen molar-refractivity contribution in [2.75, 3.05) is 5.73 Å². The fourth-order valence-electron chi connectivity index (χ4n) is 1.60. The van der Waals surface area contributed by atoms with Gasteiger partial charge in [0.1, 0.15) is 5.69 Å². The number of nitrogens with zero attached hydrogens (tertiary/aromatic N) is 6. The lowest BCUT2D eigenvalue weighted by Crippen LogP contribution is -1.99. The van der Waals surface area contributed by atoms with Gasteiger partial charge in [0.15, 0.2) is 16.6 Å². The van der Waals surface area contributed by atoms with Gasteiger partial charge in [-0.25, -0.2) is 9.97 Å². The topological polar surface area (TPSA) is 94.9 Å². The van der Waals surface area contributed by atoms with Gasteiger partial charge in [0.25, 0.3) is 0 Å². The normalized spacial score (nSPS) is 11.5. The maximum absolute atomic E-state index is 5.79. The number of hydrogen-bond acceptors (Lipinski definition) is 7. The van der Waals surface area contributed by atoms with Crippen LogP contribution in [0.4, 0.5) is 5.82 Å². The molecule has 0 fully saturated rings. The van der Waals surface area contributed by atoms with E-state index in [4.69, 9.17) is 5.73 Å². The standard InChI is InChI=1S/C10H11N7S/c1-5(2)8-14-15-10-17(8)16-9(18-10)6-7(11)13-4-3-12-6/h3-5H,1-2H3,(H2,11,13). The van der Waals surface area contributed by atoms with E-state index >= 15 is 0 Å². The van der Waals surface area contributed by atoms with Gasteiger partial charge < -0.3 is 5.73 Å². The summed E-state index contributed by atoms with van der Waals surface area (Å²) in [5.74, 6) is 1.46. The molecule has 0 unspecified atom stereocenters. The minimum atomic E-state index is 0.258. The summed E-state index contributed by atoms with van der Waals surface area (Å²) >= 11 is 1.40. The van der Waals surface area contributed by atoms with Crippen molar-refractivity contribution in [1.29, 1.82) is 0 Å². The number of hydrogen-bond donors (Lipinski definition) is 1. The molecule has 0 radical (unpaired) electrons. The molecular weight excluding hydrogens is 250 g/mol. The monoisotopic (exact) mass is 261 g/mol. The molecule has 92 valence electrons. The predicted molar refractivity (Wildman–Crippen MR) is 68.2 cm³/mol. The first kappa shape index (κ1) is 11.0. The molecular formula is C10H11N7S. The van der Waals surface area contributed by atoms with Crippen LogP contribution in [0.5, 0.6) is 0 Å². The van der Waals surface area contributed by atoms with Crippen LogP contribution in [0.3, 0.4) is 0 Å². The number of nitrogens with two attached hydrogens (primary N) is 1. The van der Waals surface area contributed by atoms with Gasteiger partial charge in [-0.1, -0.05) is 25.2 Å². The summed E-state index contributed by atoms with van der Waals surface area (Å²) < 4.78 is 1.73. The number of aromatic nitrogens is 6. The van der Waals surface area contributed by atoms with Crippen molar-refractivity contribution in [2.45, 2.75) is 19.8 Å². The minimum Gasteiger partial charge on any atom is -0.382 e. The second-order valence-corrected chi connectivity index (χ2v) is 5.06. The third kappa shape index (κ3) is 1.61. The third-order valence-corrected chi connectivity index (χ3v) is 3.37. The molecule has 0 aliphatic heterocycles. The zero-order chi connectivity index (χ0) is 12.7. The quantitative estimate of drug-likeness (QED) is 0.748. The van der Waals surface area contributed by atoms with Gasteiger partial charge in [0.05, 0.1) is 0 Å². The van der Waals surface area contributed by atoms with E-state index < -0.39 is 0 Å². The van der Waals surface area contributed by atoms with E-state index in [-0.39, 0.29) is 5.92 Å². The zero-order valence-electron chi connectivity index (χ0n) is 9.90. The summed E-state index contributed by atoms with van der Waals surface area (Å²) in [5.41, 5.74) is 6.37. The Morgan fingerprint density at radius 2 is 2.00 bits per heavy atom. The Morgan fingerprint density at radius 3 is 2.72 bits per heavy atom. The fraction of sp³-hybridized carbons (Fsp3) is 0.300. The maximum atomic E-state index is 5.79. The summed E-state index contributed by atoms with van der Waals surface area (Å²) in [4.78, 5) is 8.94. The summed E-state index contributed by atoms with van der Waals surface area (Å²) in [6.07, 6.45) is 3.15. The second-order valence-electron chi connectivity index (χ2n) is 4.10. The highest BCUT2D eigenvalue weighted by Crippen LogP contribution is 2.27. The summed E-state index contributed by atoms with van der Waals surface area (Å²) in [6, 6.07) is 0. The van der Waals surface area contributed by atoms with E-state index in [1.54, 1.807) is 16.9 Å². The molecule has 2 N–H and O–H groups in total. The molecule has 0 aliphatic carbocycles. The molecule has 0 saturated heterocycles. The Morgan fingerprint density at radius 1 is 1.22 bits per heavy atom. The lowest BCUT2D eigenvalue weighted by molar-refractivity contribution is 0.726. The largest absolute Gasteiger partial charge is 0.382 e. The van der Waals surface area contributed by atoms with Crippen LogP contribution in [0.2, 0.25) is 0 Å². The Balaban J connectivity index is 2.17. The summed E-state index contributed by atoms with van der Waals surface area (Å²) in [5, 5.41) is 13.4. The molecule has 3 rings (SSSR count). The van der Waals surface area contributed by atoms with Crippen molar-refractivity contribution in [2.24, 2.45) is 0 Å². The average molecular weight is 261 g/mol. The van der Waals surface area contributed by atoms with E-state index in [0.717, 1.165) is 10.8 Å². The van der Waals surface area contributed by atoms with Crippen molar-refractivity contribution < 1.29 is 0 Å². The number of nitrogen functional groups attached to an aromatic ring is 1. The van der Waals surface area contributed by atoms with Crippen molar-refractivity contribution in [3.05, 3.63) is 18.2 Å². The molecule has 0 amide bonds. The summed E-state index contributed by atoms with van der Waals surface area (Å²) in [7, 11) is 0. The van der Waals surface area contributed by atoms with Crippen LogP contribution < -0.4 is 5.73 Å². The Bertz CT molecular complexity index is 699. The Kier molecular flexibility index (Phi) is 2.44. The minimum absolute atomic E-state index is 0.258. The first-order chi connectivity index (χ1) is 8.66. The molecule has 3 aromatic rings. The molecule has 18 heavy (non-hydrogen) atoms. The van der Waals surface area contributed by atoms with Gasteiger partial charge in [-0.15, -0.1) is 10.2 Å². The number of fused-ring (bicyclic) bond motifs is 1. The lowest BCUT2D eigenvalue weighted by Gasteiger charge is -1.99. The molecule has 0 saturated carbocycles. The van der Waals surface area contributed by atoms with Crippen molar-refractivity contribution >= 4 is 22.1 Å². The molecule has 0 bridgehead atoms. The van der Waals surface area contributed by atoms with Crippen molar-refractivity contribution in [1.82, 2.24) is 29.8 Å². The molecule has 0 spiro atoms. The van der Waals surface area contributed by atoms with Crippen LogP contribution in [0.15, 0.2) is 12.4 Å². The molecule has 0 aromatic carbocycles. The van der Waals surface area contributed by atoms with Gasteiger partial charge in [-0.3, -0.25) is 0 Å². The number of anilines is 1. The van der Waals surface area contributed by atoms with E-state index in [9.17, 15) is 0 Å². The van der Waals surface area contributed by atoms with Gasteiger partial charge in [-0.05, 0) is 0 Å². The fourth-order valence-corrected chi connectivity index (χ4v) is 2.45. The van der Waals surface area contributed by atoms with E-state index in [1.165, 1.54) is 11.3 Å². The highest BCUT2D eigenvalue weighted by molar-refractivity contribution is 7.19. The predicted octanol–water partition coefficient (Wildman–Crippen LogP) is 1.35. The van der Waals surface area contributed by atoms with E-state index in [1.807, 2.05) is 13.8 Å². The SMILES string of the molecule is CC(C)c1nnc2sc(-c3nccnc3N)nn12. The molecule has 0 atom stereocenters. The molecule has 3 aromatic heterocycles. The van der Waals surface area contributed by atoms with Crippen molar-refractivity contribution in [3.8, 4) is 10.7 Å². The first-order valence-corrected chi connectivity index (χ1v) is 6.27. The first-order valence-electron chi connectivity index (χ1n) is 5.46. The van der Waals surface area contributed by atoms with Gasteiger partial charge >= 0.3 is 0 Å². The Labute approximate surface area is 107 Å². The van der Waals surface area contributed by atoms with Crippen LogP contribution in [0.25, 0.3) is 15.7 Å². The lowest BCUT2D eigenvalue weighted by atomic mass is 10.2. The molecule has 7 nitrogen and oxygen atoms in total. The number of rotatable bonds is 2. The third-order valence-electron chi connectivity index (χ3n) is 2.46. The van der Waals surface area contributed by atoms with Crippen LogP contribution >= 0.6 is 11.3 Å². The molecule has 3 heterocycles. The molecule has 8 heteroatoms. The Hall–Kier alpha value is -2.09. The maximum Gasteiger partial charge on any atom is 0.235 e. The van der Waals surface area contributed by atoms with E-state index in [2.05, 4.69) is 25.3 Å². The molecule has 0 aliphatic rings. The van der Waals surface area contributed by atoms with E-state index in [0.29, 0.717) is 16.5 Å².